The molecule has 0 aromatic carbocycles. The van der Waals surface area contributed by atoms with E-state index in [4.69, 9.17) is 4.74 Å². The Morgan fingerprint density at radius 1 is 1.62 bits per heavy atom. The molecule has 0 saturated carbocycles. The van der Waals surface area contributed by atoms with Crippen molar-refractivity contribution in [2.45, 2.75) is 24.9 Å². The van der Waals surface area contributed by atoms with E-state index in [1.54, 1.807) is 0 Å². The number of esters is 1. The fourth-order valence-corrected chi connectivity index (χ4v) is 1.76. The summed E-state index contributed by atoms with van der Waals surface area (Å²) < 4.78 is 4.74. The lowest BCUT2D eigenvalue weighted by Crippen LogP contribution is -2.49. The molecule has 4 heteroatoms. The number of likely N-dealkylation sites (tertiary alicyclic amines) is 1. The van der Waals surface area contributed by atoms with E-state index in [2.05, 4.69) is 10.2 Å². The van der Waals surface area contributed by atoms with E-state index in [1.165, 1.54) is 7.11 Å². The molecule has 1 aliphatic heterocycles. The molecule has 0 spiro atoms. The number of rotatable bonds is 2. The molecule has 76 valence electrons. The van der Waals surface area contributed by atoms with E-state index in [0.717, 1.165) is 19.4 Å². The van der Waals surface area contributed by atoms with Gasteiger partial charge in [-0.25, -0.2) is 0 Å². The van der Waals surface area contributed by atoms with Crippen LogP contribution in [-0.4, -0.2) is 50.7 Å². The minimum Gasteiger partial charge on any atom is -0.468 e. The van der Waals surface area contributed by atoms with Gasteiger partial charge in [0.05, 0.1) is 7.11 Å². The average molecular weight is 186 g/mol. The summed E-state index contributed by atoms with van der Waals surface area (Å²) in [7, 11) is 5.34. The molecule has 0 radical (unpaired) electrons. The van der Waals surface area contributed by atoms with E-state index < -0.39 is 0 Å². The van der Waals surface area contributed by atoms with Crippen LogP contribution < -0.4 is 5.32 Å². The molecule has 4 nitrogen and oxygen atoms in total. The highest BCUT2D eigenvalue weighted by atomic mass is 16.5. The summed E-state index contributed by atoms with van der Waals surface area (Å²) in [4.78, 5) is 13.4. The van der Waals surface area contributed by atoms with Crippen molar-refractivity contribution in [2.75, 3.05) is 27.7 Å². The van der Waals surface area contributed by atoms with Gasteiger partial charge in [-0.2, -0.15) is 0 Å². The quantitative estimate of drug-likeness (QED) is 0.609. The molecule has 2 unspecified atom stereocenters. The highest BCUT2D eigenvalue weighted by Crippen LogP contribution is 2.16. The molecule has 0 aromatic rings. The Labute approximate surface area is 79.2 Å². The third-order valence-electron chi connectivity index (χ3n) is 2.75. The monoisotopic (exact) mass is 186 g/mol. The predicted octanol–water partition coefficient (Wildman–Crippen LogP) is -0.158. The first kappa shape index (κ1) is 10.5. The molecule has 0 amide bonds. The fraction of sp³-hybridized carbons (Fsp3) is 0.889. The summed E-state index contributed by atoms with van der Waals surface area (Å²) in [5.74, 6) is -0.123. The van der Waals surface area contributed by atoms with Crippen molar-refractivity contribution in [3.63, 3.8) is 0 Å². The third-order valence-corrected chi connectivity index (χ3v) is 2.75. The van der Waals surface area contributed by atoms with Gasteiger partial charge in [0.2, 0.25) is 0 Å². The van der Waals surface area contributed by atoms with Crippen LogP contribution >= 0.6 is 0 Å². The number of hydrogen-bond acceptors (Lipinski definition) is 4. The maximum absolute atomic E-state index is 11.3. The molecule has 0 bridgehead atoms. The summed E-state index contributed by atoms with van der Waals surface area (Å²) >= 11 is 0. The zero-order chi connectivity index (χ0) is 9.84. The van der Waals surface area contributed by atoms with Crippen LogP contribution in [0.2, 0.25) is 0 Å². The van der Waals surface area contributed by atoms with Crippen LogP contribution in [0.15, 0.2) is 0 Å². The zero-order valence-corrected chi connectivity index (χ0v) is 8.54. The summed E-state index contributed by atoms with van der Waals surface area (Å²) in [6.45, 7) is 0.950. The Bertz CT molecular complexity index is 184. The molecule has 1 heterocycles. The molecule has 1 rings (SSSR count). The Balaban J connectivity index is 2.54. The molecule has 1 fully saturated rings. The van der Waals surface area contributed by atoms with Gasteiger partial charge < -0.3 is 10.1 Å². The van der Waals surface area contributed by atoms with Gasteiger partial charge in [-0.3, -0.25) is 9.69 Å². The van der Waals surface area contributed by atoms with E-state index in [-0.39, 0.29) is 12.0 Å². The van der Waals surface area contributed by atoms with Gasteiger partial charge >= 0.3 is 5.97 Å². The van der Waals surface area contributed by atoms with Crippen LogP contribution in [-0.2, 0) is 9.53 Å². The third kappa shape index (κ3) is 2.42. The predicted molar refractivity (Wildman–Crippen MR) is 50.5 cm³/mol. The maximum atomic E-state index is 11.3. The van der Waals surface area contributed by atoms with Crippen LogP contribution in [0.5, 0.6) is 0 Å². The molecule has 0 aromatic heterocycles. The molecule has 13 heavy (non-hydrogen) atoms. The van der Waals surface area contributed by atoms with Crippen molar-refractivity contribution in [1.29, 1.82) is 0 Å². The number of piperidine rings is 1. The van der Waals surface area contributed by atoms with E-state index in [0.29, 0.717) is 6.04 Å². The Kier molecular flexibility index (Phi) is 3.69. The smallest absolute Gasteiger partial charge is 0.323 e. The number of nitrogens with one attached hydrogen (secondary N) is 1. The number of ether oxygens (including phenoxy) is 1. The molecule has 1 aliphatic rings. The minimum atomic E-state index is -0.123. The summed E-state index contributed by atoms with van der Waals surface area (Å²) in [6, 6.07) is 0.372. The highest BCUT2D eigenvalue weighted by Gasteiger charge is 2.30. The second-order valence-corrected chi connectivity index (χ2v) is 3.53. The standard InChI is InChI=1S/C9H18N2O2/c1-10-7-4-5-11(2)8(6-7)9(12)13-3/h7-8,10H,4-6H2,1-3H3. The van der Waals surface area contributed by atoms with Crippen molar-refractivity contribution in [3.8, 4) is 0 Å². The van der Waals surface area contributed by atoms with Gasteiger partial charge in [0.25, 0.3) is 0 Å². The Hall–Kier alpha value is -0.610. The largest absolute Gasteiger partial charge is 0.468 e. The van der Waals surface area contributed by atoms with Crippen LogP contribution in [0.4, 0.5) is 0 Å². The Morgan fingerprint density at radius 3 is 2.85 bits per heavy atom. The molecular weight excluding hydrogens is 168 g/mol. The zero-order valence-electron chi connectivity index (χ0n) is 8.54. The number of carbonyl (C=O) groups is 1. The van der Waals surface area contributed by atoms with E-state index >= 15 is 0 Å². The van der Waals surface area contributed by atoms with Crippen LogP contribution in [0.3, 0.4) is 0 Å². The van der Waals surface area contributed by atoms with Crippen molar-refractivity contribution in [3.05, 3.63) is 0 Å². The summed E-state index contributed by atoms with van der Waals surface area (Å²) in [5, 5.41) is 3.20. The molecular formula is C9H18N2O2. The average Bonchev–Trinajstić information content (AvgIpc) is 2.17. The molecule has 1 saturated heterocycles. The molecule has 2 atom stereocenters. The molecule has 1 N–H and O–H groups in total. The number of likely N-dealkylation sites (N-methyl/N-ethyl adjacent to an activating group) is 1. The minimum absolute atomic E-state index is 0.0730. The van der Waals surface area contributed by atoms with Crippen molar-refractivity contribution < 1.29 is 9.53 Å². The highest BCUT2D eigenvalue weighted by molar-refractivity contribution is 5.75. The van der Waals surface area contributed by atoms with Gasteiger partial charge in [-0.15, -0.1) is 0 Å². The number of methoxy groups -OCH3 is 1. The van der Waals surface area contributed by atoms with Crippen molar-refractivity contribution in [2.24, 2.45) is 0 Å². The SMILES string of the molecule is CNC1CCN(C)C(C(=O)OC)C1. The first-order valence-electron chi connectivity index (χ1n) is 4.64. The lowest BCUT2D eigenvalue weighted by Gasteiger charge is -2.34. The van der Waals surface area contributed by atoms with Gasteiger partial charge in [0.15, 0.2) is 0 Å². The number of hydrogen-bond donors (Lipinski definition) is 1. The lowest BCUT2D eigenvalue weighted by atomic mass is 9.98. The summed E-state index contributed by atoms with van der Waals surface area (Å²) in [6.07, 6.45) is 1.94. The second kappa shape index (κ2) is 4.58. The lowest BCUT2D eigenvalue weighted by molar-refractivity contribution is -0.148. The van der Waals surface area contributed by atoms with Gasteiger partial charge in [-0.1, -0.05) is 0 Å². The first-order chi connectivity index (χ1) is 6.19. The van der Waals surface area contributed by atoms with Crippen LogP contribution in [0, 0.1) is 0 Å². The fourth-order valence-electron chi connectivity index (χ4n) is 1.76. The van der Waals surface area contributed by atoms with Gasteiger partial charge in [-0.05, 0) is 26.9 Å². The number of nitrogens with zero attached hydrogens (tertiary/aromatic N) is 1. The first-order valence-corrected chi connectivity index (χ1v) is 4.64. The van der Waals surface area contributed by atoms with Crippen LogP contribution in [0.1, 0.15) is 12.8 Å². The van der Waals surface area contributed by atoms with Crippen molar-refractivity contribution in [1.82, 2.24) is 10.2 Å². The maximum Gasteiger partial charge on any atom is 0.323 e. The second-order valence-electron chi connectivity index (χ2n) is 3.53. The van der Waals surface area contributed by atoms with Crippen LogP contribution in [0.25, 0.3) is 0 Å². The Morgan fingerprint density at radius 2 is 2.31 bits per heavy atom. The van der Waals surface area contributed by atoms with E-state index in [1.807, 2.05) is 14.1 Å². The number of carbonyl (C=O) groups excluding carboxylic acids is 1. The summed E-state index contributed by atoms with van der Waals surface area (Å²) in [5.41, 5.74) is 0. The molecule has 0 aliphatic carbocycles. The van der Waals surface area contributed by atoms with Gasteiger partial charge in [0.1, 0.15) is 6.04 Å². The topological polar surface area (TPSA) is 41.6 Å². The normalized spacial score (nSPS) is 30.1. The van der Waals surface area contributed by atoms with E-state index in [9.17, 15) is 4.79 Å². The van der Waals surface area contributed by atoms with Gasteiger partial charge in [0, 0.05) is 12.6 Å². The van der Waals surface area contributed by atoms with Crippen molar-refractivity contribution >= 4 is 5.97 Å².